The minimum absolute atomic E-state index is 0.133. The van der Waals surface area contributed by atoms with Gasteiger partial charge in [0.1, 0.15) is 12.6 Å². The molecular formula is C29H32BrN3O4. The van der Waals surface area contributed by atoms with Crippen LogP contribution in [0.4, 0.5) is 0 Å². The molecule has 0 aliphatic heterocycles. The van der Waals surface area contributed by atoms with Crippen LogP contribution >= 0.6 is 15.9 Å². The van der Waals surface area contributed by atoms with Gasteiger partial charge in [0.25, 0.3) is 11.8 Å². The maximum absolute atomic E-state index is 12.8. The van der Waals surface area contributed by atoms with Gasteiger partial charge in [-0.25, -0.2) is 5.43 Å². The Bertz CT molecular complexity index is 1230. The van der Waals surface area contributed by atoms with E-state index in [1.165, 1.54) is 11.8 Å². The molecule has 37 heavy (non-hydrogen) atoms. The van der Waals surface area contributed by atoms with Gasteiger partial charge in [0.15, 0.2) is 11.5 Å². The van der Waals surface area contributed by atoms with Gasteiger partial charge in [-0.3, -0.25) is 9.59 Å². The molecule has 0 fully saturated rings. The lowest BCUT2D eigenvalue weighted by Crippen LogP contribution is -2.48. The zero-order valence-electron chi connectivity index (χ0n) is 21.5. The van der Waals surface area contributed by atoms with E-state index in [1.54, 1.807) is 30.3 Å². The molecule has 3 aromatic carbocycles. The van der Waals surface area contributed by atoms with Gasteiger partial charge in [-0.05, 0) is 71.1 Å². The van der Waals surface area contributed by atoms with Crippen LogP contribution in [0.3, 0.4) is 0 Å². The number of nitrogens with zero attached hydrogens (tertiary/aromatic N) is 1. The minimum Gasteiger partial charge on any atom is -0.490 e. The van der Waals surface area contributed by atoms with Crippen molar-refractivity contribution in [2.24, 2.45) is 11.0 Å². The minimum atomic E-state index is -0.742. The fourth-order valence-electron chi connectivity index (χ4n) is 3.49. The fourth-order valence-corrected chi connectivity index (χ4v) is 4.07. The van der Waals surface area contributed by atoms with E-state index in [9.17, 15) is 9.59 Å². The molecule has 0 spiro atoms. The van der Waals surface area contributed by atoms with Crippen molar-refractivity contribution in [2.75, 3.05) is 6.61 Å². The molecule has 2 amide bonds. The Hall–Kier alpha value is -3.65. The monoisotopic (exact) mass is 565 g/mol. The summed E-state index contributed by atoms with van der Waals surface area (Å²) in [5.41, 5.74) is 5.96. The van der Waals surface area contributed by atoms with Gasteiger partial charge in [0.2, 0.25) is 0 Å². The number of carbonyl (C=O) groups excluding carboxylic acids is 2. The molecule has 194 valence electrons. The van der Waals surface area contributed by atoms with Crippen LogP contribution < -0.4 is 20.2 Å². The molecule has 0 aromatic heterocycles. The summed E-state index contributed by atoms with van der Waals surface area (Å²) >= 11 is 3.56. The summed E-state index contributed by atoms with van der Waals surface area (Å²) in [4.78, 5) is 25.3. The first-order valence-corrected chi connectivity index (χ1v) is 12.9. The third kappa shape index (κ3) is 8.18. The molecule has 3 rings (SSSR count). The van der Waals surface area contributed by atoms with E-state index in [1.807, 2.05) is 64.1 Å². The fraction of sp³-hybridized carbons (Fsp3) is 0.276. The number of benzene rings is 3. The van der Waals surface area contributed by atoms with Crippen LogP contribution in [0.1, 0.15) is 47.8 Å². The van der Waals surface area contributed by atoms with Crippen molar-refractivity contribution in [1.29, 1.82) is 0 Å². The highest BCUT2D eigenvalue weighted by atomic mass is 79.9. The third-order valence-corrected chi connectivity index (χ3v) is 6.08. The summed E-state index contributed by atoms with van der Waals surface area (Å²) in [6, 6.07) is 19.8. The number of hydrogen-bond acceptors (Lipinski definition) is 5. The number of ether oxygens (including phenoxy) is 2. The van der Waals surface area contributed by atoms with Crippen molar-refractivity contribution < 1.29 is 19.1 Å². The van der Waals surface area contributed by atoms with Gasteiger partial charge in [-0.1, -0.05) is 61.9 Å². The Morgan fingerprint density at radius 1 is 1.03 bits per heavy atom. The van der Waals surface area contributed by atoms with Crippen LogP contribution in [0.15, 0.2) is 76.3 Å². The van der Waals surface area contributed by atoms with Crippen LogP contribution in [0.25, 0.3) is 0 Å². The molecule has 1 unspecified atom stereocenters. The van der Waals surface area contributed by atoms with Crippen molar-refractivity contribution in [3.63, 3.8) is 0 Å². The Balaban J connectivity index is 1.67. The topological polar surface area (TPSA) is 89.0 Å². The lowest BCUT2D eigenvalue weighted by molar-refractivity contribution is -0.123. The zero-order valence-corrected chi connectivity index (χ0v) is 23.0. The highest BCUT2D eigenvalue weighted by Crippen LogP contribution is 2.37. The summed E-state index contributed by atoms with van der Waals surface area (Å²) in [6.45, 7) is 8.52. The first kappa shape index (κ1) is 27.9. The smallest absolute Gasteiger partial charge is 0.262 e. The Labute approximate surface area is 226 Å². The quantitative estimate of drug-likeness (QED) is 0.232. The second-order valence-electron chi connectivity index (χ2n) is 8.83. The van der Waals surface area contributed by atoms with Crippen molar-refractivity contribution in [3.05, 3.63) is 93.5 Å². The van der Waals surface area contributed by atoms with E-state index >= 15 is 0 Å². The van der Waals surface area contributed by atoms with Gasteiger partial charge < -0.3 is 14.8 Å². The van der Waals surface area contributed by atoms with Crippen LogP contribution in [0.5, 0.6) is 11.5 Å². The molecular weight excluding hydrogens is 534 g/mol. The van der Waals surface area contributed by atoms with Crippen molar-refractivity contribution >= 4 is 34.0 Å². The molecule has 0 aliphatic carbocycles. The summed E-state index contributed by atoms with van der Waals surface area (Å²) in [7, 11) is 0. The lowest BCUT2D eigenvalue weighted by Gasteiger charge is -2.20. The molecule has 7 nitrogen and oxygen atoms in total. The van der Waals surface area contributed by atoms with Crippen LogP contribution in [-0.2, 0) is 11.4 Å². The number of aryl methyl sites for hydroxylation is 1. The molecule has 0 heterocycles. The SMILES string of the molecule is CCOc1cc(C=NNC(=O)C(NC(=O)c2ccccc2)C(C)C)cc(Br)c1OCc1ccc(C)cc1. The number of hydrazone groups is 1. The maximum atomic E-state index is 12.8. The van der Waals surface area contributed by atoms with Gasteiger partial charge in [0, 0.05) is 5.56 Å². The molecule has 2 N–H and O–H groups in total. The first-order valence-electron chi connectivity index (χ1n) is 12.1. The number of halogens is 1. The van der Waals surface area contributed by atoms with E-state index in [4.69, 9.17) is 9.47 Å². The highest BCUT2D eigenvalue weighted by molar-refractivity contribution is 9.10. The highest BCUT2D eigenvalue weighted by Gasteiger charge is 2.24. The van der Waals surface area contributed by atoms with E-state index < -0.39 is 11.9 Å². The number of nitrogens with one attached hydrogen (secondary N) is 2. The van der Waals surface area contributed by atoms with E-state index in [2.05, 4.69) is 31.8 Å². The Morgan fingerprint density at radius 3 is 2.38 bits per heavy atom. The molecule has 0 radical (unpaired) electrons. The van der Waals surface area contributed by atoms with E-state index in [-0.39, 0.29) is 11.8 Å². The molecule has 0 bridgehead atoms. The predicted octanol–water partition coefficient (Wildman–Crippen LogP) is 5.64. The van der Waals surface area contributed by atoms with Crippen molar-refractivity contribution in [3.8, 4) is 11.5 Å². The molecule has 0 saturated heterocycles. The first-order chi connectivity index (χ1) is 17.8. The van der Waals surface area contributed by atoms with Crippen LogP contribution in [0, 0.1) is 12.8 Å². The average molecular weight is 566 g/mol. The average Bonchev–Trinajstić information content (AvgIpc) is 2.88. The number of carbonyl (C=O) groups is 2. The Kier molecular flexibility index (Phi) is 10.3. The maximum Gasteiger partial charge on any atom is 0.262 e. The van der Waals surface area contributed by atoms with Gasteiger partial charge >= 0.3 is 0 Å². The normalized spacial score (nSPS) is 11.8. The zero-order chi connectivity index (χ0) is 26.8. The molecule has 0 saturated carbocycles. The standard InChI is InChI=1S/C29H32BrN3O4/c1-5-36-25-16-22(15-24(30)27(25)37-18-21-13-11-20(4)12-14-21)17-31-33-29(35)26(19(2)3)32-28(34)23-9-7-6-8-10-23/h6-17,19,26H,5,18H2,1-4H3,(H,32,34)(H,33,35). The van der Waals surface area contributed by atoms with Crippen LogP contribution in [0.2, 0.25) is 0 Å². The molecule has 8 heteroatoms. The third-order valence-electron chi connectivity index (χ3n) is 5.50. The molecule has 1 atom stereocenters. The summed E-state index contributed by atoms with van der Waals surface area (Å²) in [5.74, 6) is 0.299. The largest absolute Gasteiger partial charge is 0.490 e. The summed E-state index contributed by atoms with van der Waals surface area (Å²) < 4.78 is 12.5. The molecule has 0 aliphatic rings. The van der Waals surface area contributed by atoms with E-state index in [0.717, 1.165) is 5.56 Å². The molecule has 3 aromatic rings. The summed E-state index contributed by atoms with van der Waals surface area (Å²) in [5, 5.41) is 6.89. The van der Waals surface area contributed by atoms with Gasteiger partial charge in [0.05, 0.1) is 17.3 Å². The van der Waals surface area contributed by atoms with E-state index in [0.29, 0.717) is 40.3 Å². The van der Waals surface area contributed by atoms with Crippen molar-refractivity contribution in [2.45, 2.75) is 40.3 Å². The predicted molar refractivity (Wildman–Crippen MR) is 149 cm³/mol. The second-order valence-corrected chi connectivity index (χ2v) is 9.69. The second kappa shape index (κ2) is 13.6. The van der Waals surface area contributed by atoms with Gasteiger partial charge in [-0.15, -0.1) is 0 Å². The van der Waals surface area contributed by atoms with Gasteiger partial charge in [-0.2, -0.15) is 5.10 Å². The number of rotatable bonds is 11. The lowest BCUT2D eigenvalue weighted by atomic mass is 10.0. The Morgan fingerprint density at radius 2 is 1.73 bits per heavy atom. The summed E-state index contributed by atoms with van der Waals surface area (Å²) in [6.07, 6.45) is 1.52. The number of amides is 2. The number of hydrogen-bond donors (Lipinski definition) is 2. The van der Waals surface area contributed by atoms with Crippen LogP contribution in [-0.4, -0.2) is 30.7 Å². The van der Waals surface area contributed by atoms with Crippen molar-refractivity contribution in [1.82, 2.24) is 10.7 Å².